The molecule has 1 saturated carbocycles. The van der Waals surface area contributed by atoms with E-state index in [4.69, 9.17) is 4.74 Å². The number of methoxy groups -OCH3 is 1. The van der Waals surface area contributed by atoms with E-state index in [1.54, 1.807) is 0 Å². The van der Waals surface area contributed by atoms with Crippen LogP contribution in [0.1, 0.15) is 46.0 Å². The van der Waals surface area contributed by atoms with Crippen LogP contribution >= 0.6 is 0 Å². The van der Waals surface area contributed by atoms with Crippen molar-refractivity contribution in [1.82, 2.24) is 10.2 Å². The van der Waals surface area contributed by atoms with Gasteiger partial charge in [-0.1, -0.05) is 20.3 Å². The summed E-state index contributed by atoms with van der Waals surface area (Å²) in [7, 11) is 1.85. The summed E-state index contributed by atoms with van der Waals surface area (Å²) < 4.78 is 5.55. The van der Waals surface area contributed by atoms with E-state index in [-0.39, 0.29) is 0 Å². The molecular weight excluding hydrogens is 224 g/mol. The summed E-state index contributed by atoms with van der Waals surface area (Å²) in [5.74, 6) is 0. The van der Waals surface area contributed by atoms with Gasteiger partial charge < -0.3 is 10.1 Å². The Morgan fingerprint density at radius 2 is 2.00 bits per heavy atom. The van der Waals surface area contributed by atoms with E-state index in [1.165, 1.54) is 45.2 Å². The highest BCUT2D eigenvalue weighted by Gasteiger charge is 2.50. The van der Waals surface area contributed by atoms with Crippen molar-refractivity contribution in [1.29, 1.82) is 0 Å². The molecule has 2 saturated heterocycles. The number of ether oxygens (including phenoxy) is 1. The van der Waals surface area contributed by atoms with Crippen molar-refractivity contribution in [2.24, 2.45) is 5.41 Å². The number of nitrogens with one attached hydrogen (secondary N) is 1. The van der Waals surface area contributed by atoms with Gasteiger partial charge in [0, 0.05) is 37.2 Å². The Morgan fingerprint density at radius 1 is 1.17 bits per heavy atom. The molecule has 0 aromatic heterocycles. The molecule has 0 aromatic rings. The summed E-state index contributed by atoms with van der Waals surface area (Å²) in [6, 6.07) is 2.19. The first-order valence-electron chi connectivity index (χ1n) is 7.66. The van der Waals surface area contributed by atoms with Gasteiger partial charge >= 0.3 is 0 Å². The molecule has 3 aliphatic rings. The fourth-order valence-electron chi connectivity index (χ4n) is 4.27. The van der Waals surface area contributed by atoms with Crippen molar-refractivity contribution in [3.05, 3.63) is 0 Å². The Bertz CT molecular complexity index is 305. The summed E-state index contributed by atoms with van der Waals surface area (Å²) in [5.41, 5.74) is 0.302. The van der Waals surface area contributed by atoms with Gasteiger partial charge in [0.2, 0.25) is 0 Å². The molecule has 0 radical (unpaired) electrons. The number of rotatable bonds is 3. The van der Waals surface area contributed by atoms with Gasteiger partial charge in [0.1, 0.15) is 0 Å². The SMILES string of the molecule is COC1CC(NC2CCN3CCCCC23)C1(C)C. The molecule has 18 heavy (non-hydrogen) atoms. The molecule has 0 amide bonds. The van der Waals surface area contributed by atoms with E-state index >= 15 is 0 Å². The first kappa shape index (κ1) is 12.9. The van der Waals surface area contributed by atoms with Gasteiger partial charge in [-0.15, -0.1) is 0 Å². The summed E-state index contributed by atoms with van der Waals surface area (Å²) in [4.78, 5) is 2.71. The Morgan fingerprint density at radius 3 is 2.72 bits per heavy atom. The summed E-state index contributed by atoms with van der Waals surface area (Å²) in [6.07, 6.45) is 7.21. The third-order valence-electron chi connectivity index (χ3n) is 5.73. The van der Waals surface area contributed by atoms with E-state index < -0.39 is 0 Å². The lowest BCUT2D eigenvalue weighted by molar-refractivity contribution is -0.101. The highest BCUT2D eigenvalue weighted by Crippen LogP contribution is 2.43. The van der Waals surface area contributed by atoms with E-state index in [0.29, 0.717) is 17.6 Å². The molecular formula is C15H28N2O. The van der Waals surface area contributed by atoms with Crippen LogP contribution < -0.4 is 5.32 Å². The first-order chi connectivity index (χ1) is 8.63. The minimum absolute atomic E-state index is 0.302. The fraction of sp³-hybridized carbons (Fsp3) is 1.00. The van der Waals surface area contributed by atoms with Crippen LogP contribution in [0.5, 0.6) is 0 Å². The van der Waals surface area contributed by atoms with Crippen LogP contribution in [0.15, 0.2) is 0 Å². The zero-order chi connectivity index (χ0) is 12.8. The van der Waals surface area contributed by atoms with Crippen LogP contribution in [0.25, 0.3) is 0 Å². The number of nitrogens with zero attached hydrogens (tertiary/aromatic N) is 1. The molecule has 4 unspecified atom stereocenters. The molecule has 3 fully saturated rings. The fourth-order valence-corrected chi connectivity index (χ4v) is 4.27. The molecule has 2 aliphatic heterocycles. The van der Waals surface area contributed by atoms with Gasteiger partial charge in [-0.05, 0) is 32.2 Å². The summed E-state index contributed by atoms with van der Waals surface area (Å²) >= 11 is 0. The minimum atomic E-state index is 0.302. The van der Waals surface area contributed by atoms with E-state index in [2.05, 4.69) is 24.1 Å². The van der Waals surface area contributed by atoms with Gasteiger partial charge in [-0.3, -0.25) is 4.90 Å². The Labute approximate surface area is 111 Å². The topological polar surface area (TPSA) is 24.5 Å². The molecule has 0 bridgehead atoms. The predicted molar refractivity (Wildman–Crippen MR) is 73.7 cm³/mol. The summed E-state index contributed by atoms with van der Waals surface area (Å²) in [5, 5.41) is 3.95. The zero-order valence-electron chi connectivity index (χ0n) is 12.1. The third-order valence-corrected chi connectivity index (χ3v) is 5.73. The van der Waals surface area contributed by atoms with Gasteiger partial charge in [-0.25, -0.2) is 0 Å². The molecule has 1 N–H and O–H groups in total. The maximum absolute atomic E-state index is 5.55. The average molecular weight is 252 g/mol. The molecule has 1 aliphatic carbocycles. The lowest BCUT2D eigenvalue weighted by Gasteiger charge is -2.53. The molecule has 3 nitrogen and oxygen atoms in total. The van der Waals surface area contributed by atoms with E-state index in [9.17, 15) is 0 Å². The number of hydrogen-bond acceptors (Lipinski definition) is 3. The smallest absolute Gasteiger partial charge is 0.0652 e. The zero-order valence-corrected chi connectivity index (χ0v) is 12.1. The number of piperidine rings is 1. The molecule has 2 heterocycles. The van der Waals surface area contributed by atoms with Crippen LogP contribution in [0.3, 0.4) is 0 Å². The standard InChI is InChI=1S/C15H28N2O/c1-15(2)13(10-14(15)18-3)16-11-7-9-17-8-5-4-6-12(11)17/h11-14,16H,4-10H2,1-3H3. The lowest BCUT2D eigenvalue weighted by Crippen LogP contribution is -2.64. The number of hydrogen-bond donors (Lipinski definition) is 1. The van der Waals surface area contributed by atoms with Crippen LogP contribution in [0, 0.1) is 5.41 Å². The molecule has 3 heteroatoms. The second-order valence-electron chi connectivity index (χ2n) is 6.99. The monoisotopic (exact) mass is 252 g/mol. The van der Waals surface area contributed by atoms with Gasteiger partial charge in [-0.2, -0.15) is 0 Å². The van der Waals surface area contributed by atoms with Crippen molar-refractivity contribution in [2.75, 3.05) is 20.2 Å². The maximum Gasteiger partial charge on any atom is 0.0652 e. The predicted octanol–water partition coefficient (Wildman–Crippen LogP) is 2.02. The second-order valence-corrected chi connectivity index (χ2v) is 6.99. The van der Waals surface area contributed by atoms with Crippen molar-refractivity contribution in [2.45, 2.75) is 70.2 Å². The lowest BCUT2D eigenvalue weighted by atomic mass is 9.64. The molecule has 4 atom stereocenters. The van der Waals surface area contributed by atoms with Crippen molar-refractivity contribution < 1.29 is 4.74 Å². The molecule has 104 valence electrons. The van der Waals surface area contributed by atoms with Gasteiger partial charge in [0.25, 0.3) is 0 Å². The average Bonchev–Trinajstić information content (AvgIpc) is 2.77. The Hall–Kier alpha value is -0.120. The van der Waals surface area contributed by atoms with E-state index in [1.807, 2.05) is 7.11 Å². The molecule has 0 spiro atoms. The molecule has 0 aromatic carbocycles. The van der Waals surface area contributed by atoms with E-state index in [0.717, 1.165) is 12.1 Å². The van der Waals surface area contributed by atoms with Crippen LogP contribution in [-0.2, 0) is 4.74 Å². The minimum Gasteiger partial charge on any atom is -0.381 e. The van der Waals surface area contributed by atoms with Crippen molar-refractivity contribution in [3.8, 4) is 0 Å². The van der Waals surface area contributed by atoms with Crippen LogP contribution in [0.2, 0.25) is 0 Å². The first-order valence-corrected chi connectivity index (χ1v) is 7.66. The maximum atomic E-state index is 5.55. The normalized spacial score (nSPS) is 43.5. The third kappa shape index (κ3) is 2.00. The van der Waals surface area contributed by atoms with Crippen LogP contribution in [0.4, 0.5) is 0 Å². The highest BCUT2D eigenvalue weighted by molar-refractivity contribution is 5.06. The Kier molecular flexibility index (Phi) is 3.41. The second kappa shape index (κ2) is 4.77. The van der Waals surface area contributed by atoms with Gasteiger partial charge in [0.05, 0.1) is 6.10 Å². The van der Waals surface area contributed by atoms with Crippen molar-refractivity contribution >= 4 is 0 Å². The number of fused-ring (bicyclic) bond motifs is 1. The van der Waals surface area contributed by atoms with Crippen LogP contribution in [-0.4, -0.2) is 49.3 Å². The Balaban J connectivity index is 1.58. The largest absolute Gasteiger partial charge is 0.381 e. The molecule has 3 rings (SSSR count). The summed E-state index contributed by atoms with van der Waals surface area (Å²) in [6.45, 7) is 7.33. The quantitative estimate of drug-likeness (QED) is 0.831. The van der Waals surface area contributed by atoms with Crippen molar-refractivity contribution in [3.63, 3.8) is 0 Å². The van der Waals surface area contributed by atoms with Gasteiger partial charge in [0.15, 0.2) is 0 Å². The highest BCUT2D eigenvalue weighted by atomic mass is 16.5.